The van der Waals surface area contributed by atoms with Crippen molar-refractivity contribution in [3.05, 3.63) is 34.4 Å². The van der Waals surface area contributed by atoms with Gasteiger partial charge in [0.2, 0.25) is 0 Å². The Morgan fingerprint density at radius 1 is 1.31 bits per heavy atom. The Bertz CT molecular complexity index is 325. The number of anilines is 1. The fourth-order valence-corrected chi connectivity index (χ4v) is 1.31. The van der Waals surface area contributed by atoms with Crippen molar-refractivity contribution in [2.24, 2.45) is 0 Å². The van der Waals surface area contributed by atoms with Gasteiger partial charge in [0, 0.05) is 38.1 Å². The molecular weight excluding hydrogens is 208 g/mol. The number of hydrogen-bond donors (Lipinski definition) is 1. The van der Waals surface area contributed by atoms with Crippen molar-refractivity contribution in [2.45, 2.75) is 12.8 Å². The first-order chi connectivity index (χ1) is 7.74. The fraction of sp³-hybridized carbons (Fsp3) is 0.455. The smallest absolute Gasteiger partial charge is 0.269 e. The Morgan fingerprint density at radius 3 is 2.56 bits per heavy atom. The summed E-state index contributed by atoms with van der Waals surface area (Å²) in [6.07, 6.45) is 2.03. The van der Waals surface area contributed by atoms with E-state index in [1.54, 1.807) is 19.2 Å². The SMILES string of the molecule is COCCCCNc1ccc([N+](=O)[O-])cc1. The number of nitrogens with one attached hydrogen (secondary N) is 1. The Balaban J connectivity index is 2.29. The first kappa shape index (κ1) is 12.4. The lowest BCUT2D eigenvalue weighted by molar-refractivity contribution is -0.384. The van der Waals surface area contributed by atoms with Gasteiger partial charge in [0.05, 0.1) is 4.92 Å². The number of non-ortho nitro benzene ring substituents is 1. The number of rotatable bonds is 7. The largest absolute Gasteiger partial charge is 0.385 e. The van der Waals surface area contributed by atoms with E-state index in [2.05, 4.69) is 5.32 Å². The van der Waals surface area contributed by atoms with Gasteiger partial charge in [0.15, 0.2) is 0 Å². The molecule has 0 aliphatic carbocycles. The summed E-state index contributed by atoms with van der Waals surface area (Å²) in [5.74, 6) is 0. The summed E-state index contributed by atoms with van der Waals surface area (Å²) in [4.78, 5) is 10.0. The van der Waals surface area contributed by atoms with Gasteiger partial charge in [0.1, 0.15) is 0 Å². The number of ether oxygens (including phenoxy) is 1. The van der Waals surface area contributed by atoms with Crippen LogP contribution in [0.5, 0.6) is 0 Å². The molecule has 0 heterocycles. The third kappa shape index (κ3) is 4.27. The highest BCUT2D eigenvalue weighted by Crippen LogP contribution is 2.15. The lowest BCUT2D eigenvalue weighted by Crippen LogP contribution is -2.02. The van der Waals surface area contributed by atoms with Crippen molar-refractivity contribution in [1.29, 1.82) is 0 Å². The lowest BCUT2D eigenvalue weighted by Gasteiger charge is -2.05. The first-order valence-corrected chi connectivity index (χ1v) is 5.21. The van der Waals surface area contributed by atoms with E-state index in [1.807, 2.05) is 0 Å². The van der Waals surface area contributed by atoms with E-state index < -0.39 is 4.92 Å². The van der Waals surface area contributed by atoms with Crippen molar-refractivity contribution in [1.82, 2.24) is 0 Å². The van der Waals surface area contributed by atoms with Gasteiger partial charge in [-0.15, -0.1) is 0 Å². The average molecular weight is 224 g/mol. The highest BCUT2D eigenvalue weighted by atomic mass is 16.6. The van der Waals surface area contributed by atoms with Crippen LogP contribution < -0.4 is 5.32 Å². The van der Waals surface area contributed by atoms with Crippen LogP contribution in [-0.2, 0) is 4.74 Å². The Kier molecular flexibility index (Phi) is 5.28. The van der Waals surface area contributed by atoms with Crippen LogP contribution in [0.1, 0.15) is 12.8 Å². The van der Waals surface area contributed by atoms with Crippen molar-refractivity contribution in [2.75, 3.05) is 25.6 Å². The van der Waals surface area contributed by atoms with E-state index in [-0.39, 0.29) is 5.69 Å². The topological polar surface area (TPSA) is 64.4 Å². The second kappa shape index (κ2) is 6.79. The van der Waals surface area contributed by atoms with Crippen molar-refractivity contribution in [3.63, 3.8) is 0 Å². The zero-order chi connectivity index (χ0) is 11.8. The van der Waals surface area contributed by atoms with Gasteiger partial charge in [-0.05, 0) is 25.0 Å². The number of benzene rings is 1. The number of hydrogen-bond acceptors (Lipinski definition) is 4. The van der Waals surface area contributed by atoms with Crippen LogP contribution in [0, 0.1) is 10.1 Å². The lowest BCUT2D eigenvalue weighted by atomic mass is 10.2. The monoisotopic (exact) mass is 224 g/mol. The Labute approximate surface area is 94.6 Å². The van der Waals surface area contributed by atoms with Gasteiger partial charge < -0.3 is 10.1 Å². The van der Waals surface area contributed by atoms with Gasteiger partial charge in [-0.2, -0.15) is 0 Å². The van der Waals surface area contributed by atoms with Gasteiger partial charge in [0.25, 0.3) is 5.69 Å². The summed E-state index contributed by atoms with van der Waals surface area (Å²) in [5.41, 5.74) is 1.02. The highest BCUT2D eigenvalue weighted by Gasteiger charge is 2.02. The van der Waals surface area contributed by atoms with Crippen molar-refractivity contribution < 1.29 is 9.66 Å². The zero-order valence-electron chi connectivity index (χ0n) is 9.31. The fourth-order valence-electron chi connectivity index (χ4n) is 1.31. The van der Waals surface area contributed by atoms with Gasteiger partial charge >= 0.3 is 0 Å². The van der Waals surface area contributed by atoms with E-state index in [4.69, 9.17) is 4.74 Å². The molecule has 0 atom stereocenters. The third-order valence-corrected chi connectivity index (χ3v) is 2.18. The molecule has 0 fully saturated rings. The maximum atomic E-state index is 10.4. The van der Waals surface area contributed by atoms with E-state index in [9.17, 15) is 10.1 Å². The van der Waals surface area contributed by atoms with Gasteiger partial charge in [-0.3, -0.25) is 10.1 Å². The van der Waals surface area contributed by atoms with Gasteiger partial charge in [-0.1, -0.05) is 0 Å². The highest BCUT2D eigenvalue weighted by molar-refractivity contribution is 5.48. The maximum absolute atomic E-state index is 10.4. The molecule has 0 aromatic heterocycles. The van der Waals surface area contributed by atoms with Crippen LogP contribution in [0.4, 0.5) is 11.4 Å². The molecule has 0 spiro atoms. The standard InChI is InChI=1S/C11H16N2O3/c1-16-9-3-2-8-12-10-4-6-11(7-5-10)13(14)15/h4-7,12H,2-3,8-9H2,1H3. The van der Waals surface area contributed by atoms with Crippen LogP contribution in [0.3, 0.4) is 0 Å². The van der Waals surface area contributed by atoms with E-state index in [1.165, 1.54) is 12.1 Å². The molecule has 88 valence electrons. The Hall–Kier alpha value is -1.62. The first-order valence-electron chi connectivity index (χ1n) is 5.21. The minimum atomic E-state index is -0.400. The van der Waals surface area contributed by atoms with Crippen LogP contribution in [0.15, 0.2) is 24.3 Å². The molecule has 1 aromatic carbocycles. The summed E-state index contributed by atoms with van der Waals surface area (Å²) in [6.45, 7) is 1.61. The van der Waals surface area contributed by atoms with Crippen LogP contribution >= 0.6 is 0 Å². The summed E-state index contributed by atoms with van der Waals surface area (Å²) in [6, 6.07) is 6.43. The molecule has 1 rings (SSSR count). The maximum Gasteiger partial charge on any atom is 0.269 e. The van der Waals surface area contributed by atoms with Crippen LogP contribution in [0.25, 0.3) is 0 Å². The molecule has 0 aliphatic heterocycles. The number of unbranched alkanes of at least 4 members (excludes halogenated alkanes) is 1. The Morgan fingerprint density at radius 2 is 2.00 bits per heavy atom. The minimum Gasteiger partial charge on any atom is -0.385 e. The number of nitrogens with zero attached hydrogens (tertiary/aromatic N) is 1. The van der Waals surface area contributed by atoms with E-state index in [0.717, 1.165) is 31.7 Å². The molecule has 0 amide bonds. The predicted octanol–water partition coefficient (Wildman–Crippen LogP) is 2.43. The molecule has 1 aromatic rings. The molecule has 0 aliphatic rings. The molecule has 0 saturated carbocycles. The molecule has 0 unspecified atom stereocenters. The normalized spacial score (nSPS) is 10.1. The quantitative estimate of drug-likeness (QED) is 0.439. The molecule has 1 N–H and O–H groups in total. The molecule has 16 heavy (non-hydrogen) atoms. The number of methoxy groups -OCH3 is 1. The molecule has 0 saturated heterocycles. The average Bonchev–Trinajstić information content (AvgIpc) is 2.29. The second-order valence-electron chi connectivity index (χ2n) is 3.43. The summed E-state index contributed by atoms with van der Waals surface area (Å²) in [7, 11) is 1.68. The predicted molar refractivity (Wildman–Crippen MR) is 62.7 cm³/mol. The van der Waals surface area contributed by atoms with E-state index in [0.29, 0.717) is 0 Å². The summed E-state index contributed by atoms with van der Waals surface area (Å²) < 4.78 is 4.93. The minimum absolute atomic E-state index is 0.116. The zero-order valence-corrected chi connectivity index (χ0v) is 9.31. The van der Waals surface area contributed by atoms with Crippen molar-refractivity contribution in [3.8, 4) is 0 Å². The molecule has 5 nitrogen and oxygen atoms in total. The molecule has 0 bridgehead atoms. The van der Waals surface area contributed by atoms with E-state index >= 15 is 0 Å². The van der Waals surface area contributed by atoms with Crippen molar-refractivity contribution >= 4 is 11.4 Å². The molecular formula is C11H16N2O3. The summed E-state index contributed by atoms with van der Waals surface area (Å²) in [5, 5.41) is 13.6. The third-order valence-electron chi connectivity index (χ3n) is 2.18. The second-order valence-corrected chi connectivity index (χ2v) is 3.43. The summed E-state index contributed by atoms with van der Waals surface area (Å²) >= 11 is 0. The van der Waals surface area contributed by atoms with Crippen LogP contribution in [0.2, 0.25) is 0 Å². The number of nitro benzene ring substituents is 1. The number of nitro groups is 1. The molecule has 0 radical (unpaired) electrons. The van der Waals surface area contributed by atoms with Gasteiger partial charge in [-0.25, -0.2) is 0 Å². The molecule has 5 heteroatoms. The van der Waals surface area contributed by atoms with Crippen LogP contribution in [-0.4, -0.2) is 25.2 Å².